The molecule has 0 unspecified atom stereocenters. The van der Waals surface area contributed by atoms with Crippen LogP contribution in [0.5, 0.6) is 5.75 Å². The van der Waals surface area contributed by atoms with E-state index in [1.165, 1.54) is 0 Å². The van der Waals surface area contributed by atoms with Gasteiger partial charge in [-0.2, -0.15) is 4.98 Å². The molecule has 0 radical (unpaired) electrons. The van der Waals surface area contributed by atoms with Crippen LogP contribution in [0.1, 0.15) is 5.69 Å². The number of anilines is 2. The summed E-state index contributed by atoms with van der Waals surface area (Å²) in [4.78, 5) is 12.6. The van der Waals surface area contributed by atoms with E-state index in [1.807, 2.05) is 35.9 Å². The summed E-state index contributed by atoms with van der Waals surface area (Å²) in [6, 6.07) is 7.59. The lowest BCUT2D eigenvalue weighted by atomic mass is 10.2. The molecule has 24 heavy (non-hydrogen) atoms. The number of nitrogens with one attached hydrogen (secondary N) is 1. The molecule has 0 aliphatic rings. The first-order valence-electron chi connectivity index (χ1n) is 7.35. The summed E-state index contributed by atoms with van der Waals surface area (Å²) < 4.78 is 9.04. The van der Waals surface area contributed by atoms with Gasteiger partial charge in [0.05, 0.1) is 24.8 Å². The minimum atomic E-state index is 0.497. The zero-order valence-corrected chi connectivity index (χ0v) is 13.2. The van der Waals surface area contributed by atoms with Gasteiger partial charge in [-0.1, -0.05) is 0 Å². The number of rotatable bonds is 4. The lowest BCUT2D eigenvalue weighted by Gasteiger charge is -2.11. The van der Waals surface area contributed by atoms with Crippen LogP contribution in [0, 0.1) is 6.92 Å². The zero-order chi connectivity index (χ0) is 16.5. The molecule has 8 heteroatoms. The molecule has 3 heterocycles. The SMILES string of the molecule is COc1cc(Nc2nc3ccncn3n2)ccc1-n1cnc(C)c1. The average Bonchev–Trinajstić information content (AvgIpc) is 3.20. The van der Waals surface area contributed by atoms with Gasteiger partial charge in [-0.15, -0.1) is 5.10 Å². The Bertz CT molecular complexity index is 972. The third kappa shape index (κ3) is 2.54. The molecule has 0 spiro atoms. The highest BCUT2D eigenvalue weighted by molar-refractivity contribution is 5.62. The maximum Gasteiger partial charge on any atom is 0.247 e. The predicted octanol–water partition coefficient (Wildman–Crippen LogP) is 2.37. The zero-order valence-electron chi connectivity index (χ0n) is 13.2. The van der Waals surface area contributed by atoms with Gasteiger partial charge in [-0.3, -0.25) is 0 Å². The third-order valence-electron chi connectivity index (χ3n) is 3.57. The van der Waals surface area contributed by atoms with Crippen LogP contribution in [0.4, 0.5) is 11.6 Å². The molecule has 4 rings (SSSR count). The second-order valence-corrected chi connectivity index (χ2v) is 5.25. The van der Waals surface area contributed by atoms with E-state index < -0.39 is 0 Å². The Labute approximate surface area is 137 Å². The maximum atomic E-state index is 5.50. The van der Waals surface area contributed by atoms with Gasteiger partial charge < -0.3 is 14.6 Å². The predicted molar refractivity (Wildman–Crippen MR) is 88.9 cm³/mol. The maximum absolute atomic E-state index is 5.50. The number of hydrogen-bond donors (Lipinski definition) is 1. The Morgan fingerprint density at radius 3 is 2.83 bits per heavy atom. The molecule has 0 amide bonds. The summed E-state index contributed by atoms with van der Waals surface area (Å²) in [6.45, 7) is 1.95. The van der Waals surface area contributed by atoms with Crippen molar-refractivity contribution in [3.63, 3.8) is 0 Å². The number of hydrogen-bond acceptors (Lipinski definition) is 6. The van der Waals surface area contributed by atoms with Gasteiger partial charge >= 0.3 is 0 Å². The fraction of sp³-hybridized carbons (Fsp3) is 0.125. The van der Waals surface area contributed by atoms with Crippen molar-refractivity contribution in [3.8, 4) is 11.4 Å². The van der Waals surface area contributed by atoms with Crippen LogP contribution in [0.2, 0.25) is 0 Å². The van der Waals surface area contributed by atoms with Crippen LogP contribution in [0.25, 0.3) is 11.3 Å². The van der Waals surface area contributed by atoms with Gasteiger partial charge in [0.15, 0.2) is 5.65 Å². The molecular formula is C16H15N7O. The highest BCUT2D eigenvalue weighted by atomic mass is 16.5. The van der Waals surface area contributed by atoms with Gasteiger partial charge in [0.2, 0.25) is 5.95 Å². The second-order valence-electron chi connectivity index (χ2n) is 5.25. The summed E-state index contributed by atoms with van der Waals surface area (Å²) >= 11 is 0. The van der Waals surface area contributed by atoms with E-state index in [0.29, 0.717) is 5.95 Å². The number of imidazole rings is 1. The number of aryl methyl sites for hydroxylation is 1. The Kier molecular flexibility index (Phi) is 3.34. The van der Waals surface area contributed by atoms with Crippen molar-refractivity contribution in [2.24, 2.45) is 0 Å². The highest BCUT2D eigenvalue weighted by Gasteiger charge is 2.09. The van der Waals surface area contributed by atoms with Crippen LogP contribution in [-0.2, 0) is 0 Å². The van der Waals surface area contributed by atoms with Crippen molar-refractivity contribution >= 4 is 17.3 Å². The third-order valence-corrected chi connectivity index (χ3v) is 3.57. The van der Waals surface area contributed by atoms with Gasteiger partial charge in [0.1, 0.15) is 12.1 Å². The largest absolute Gasteiger partial charge is 0.494 e. The number of nitrogens with zero attached hydrogens (tertiary/aromatic N) is 6. The Morgan fingerprint density at radius 1 is 1.17 bits per heavy atom. The van der Waals surface area contributed by atoms with E-state index in [2.05, 4.69) is 25.4 Å². The van der Waals surface area contributed by atoms with Crippen molar-refractivity contribution in [2.45, 2.75) is 6.92 Å². The number of aromatic nitrogens is 6. The van der Waals surface area contributed by atoms with Crippen molar-refractivity contribution in [1.29, 1.82) is 0 Å². The number of ether oxygens (including phenoxy) is 1. The van der Waals surface area contributed by atoms with E-state index in [0.717, 1.165) is 28.5 Å². The lowest BCUT2D eigenvalue weighted by Crippen LogP contribution is -1.98. The molecule has 3 aromatic heterocycles. The van der Waals surface area contributed by atoms with E-state index in [9.17, 15) is 0 Å². The quantitative estimate of drug-likeness (QED) is 0.621. The Hall–Kier alpha value is -3.42. The van der Waals surface area contributed by atoms with Crippen molar-refractivity contribution in [3.05, 3.63) is 55.0 Å². The molecule has 120 valence electrons. The van der Waals surface area contributed by atoms with Crippen LogP contribution in [-0.4, -0.2) is 36.2 Å². The van der Waals surface area contributed by atoms with E-state index >= 15 is 0 Å². The van der Waals surface area contributed by atoms with Gasteiger partial charge in [0, 0.05) is 30.2 Å². The van der Waals surface area contributed by atoms with E-state index in [4.69, 9.17) is 4.74 Å². The van der Waals surface area contributed by atoms with Crippen LogP contribution >= 0.6 is 0 Å². The van der Waals surface area contributed by atoms with Crippen LogP contribution in [0.3, 0.4) is 0 Å². The van der Waals surface area contributed by atoms with Crippen LogP contribution in [0.15, 0.2) is 49.3 Å². The molecule has 0 bridgehead atoms. The summed E-state index contributed by atoms with van der Waals surface area (Å²) in [5.74, 6) is 1.22. The summed E-state index contributed by atoms with van der Waals surface area (Å²) in [5, 5.41) is 7.50. The molecule has 8 nitrogen and oxygen atoms in total. The van der Waals surface area contributed by atoms with Gasteiger partial charge in [-0.25, -0.2) is 14.5 Å². The summed E-state index contributed by atoms with van der Waals surface area (Å²) in [5.41, 5.74) is 3.42. The molecule has 0 saturated carbocycles. The minimum Gasteiger partial charge on any atom is -0.494 e. The van der Waals surface area contributed by atoms with E-state index in [1.54, 1.807) is 36.5 Å². The first kappa shape index (κ1) is 14.2. The Balaban J connectivity index is 1.66. The van der Waals surface area contributed by atoms with Crippen molar-refractivity contribution in [2.75, 3.05) is 12.4 Å². The van der Waals surface area contributed by atoms with Gasteiger partial charge in [-0.05, 0) is 19.1 Å². The number of methoxy groups -OCH3 is 1. The molecular weight excluding hydrogens is 306 g/mol. The molecule has 4 aromatic rings. The first-order chi connectivity index (χ1) is 11.7. The fourth-order valence-corrected chi connectivity index (χ4v) is 2.45. The normalized spacial score (nSPS) is 10.9. The van der Waals surface area contributed by atoms with Crippen molar-refractivity contribution in [1.82, 2.24) is 29.1 Å². The molecule has 0 aliphatic carbocycles. The first-order valence-corrected chi connectivity index (χ1v) is 7.35. The molecule has 0 atom stereocenters. The Morgan fingerprint density at radius 2 is 2.08 bits per heavy atom. The molecule has 0 aliphatic heterocycles. The average molecular weight is 321 g/mol. The monoisotopic (exact) mass is 321 g/mol. The fourth-order valence-electron chi connectivity index (χ4n) is 2.45. The topological polar surface area (TPSA) is 82.2 Å². The smallest absolute Gasteiger partial charge is 0.247 e. The number of benzene rings is 1. The molecule has 0 saturated heterocycles. The second kappa shape index (κ2) is 5.65. The van der Waals surface area contributed by atoms with E-state index in [-0.39, 0.29) is 0 Å². The van der Waals surface area contributed by atoms with Gasteiger partial charge in [0.25, 0.3) is 0 Å². The standard InChI is InChI=1S/C16H15N7O/c1-11-8-22(10-18-11)13-4-3-12(7-14(13)24-2)19-16-20-15-5-6-17-9-23(15)21-16/h3-10H,1-2H3,(H,19,21). The minimum absolute atomic E-state index is 0.497. The van der Waals surface area contributed by atoms with Crippen molar-refractivity contribution < 1.29 is 4.74 Å². The molecule has 1 aromatic carbocycles. The molecule has 0 fully saturated rings. The van der Waals surface area contributed by atoms with Crippen LogP contribution < -0.4 is 10.1 Å². The lowest BCUT2D eigenvalue weighted by molar-refractivity contribution is 0.413. The summed E-state index contributed by atoms with van der Waals surface area (Å²) in [7, 11) is 1.64. The molecule has 1 N–H and O–H groups in total. The number of fused-ring (bicyclic) bond motifs is 1. The highest BCUT2D eigenvalue weighted by Crippen LogP contribution is 2.28. The summed E-state index contributed by atoms with van der Waals surface area (Å²) in [6.07, 6.45) is 7.00.